The molecule has 0 aliphatic rings. The Balaban J connectivity index is 3.55. The third-order valence-corrected chi connectivity index (χ3v) is 3.93. The molecule has 1 heteroatoms. The number of unbranched alkanes of at least 4 members (excludes halogenated alkanes) is 6. The number of rotatable bonds is 14. The van der Waals surface area contributed by atoms with Crippen LogP contribution in [0.5, 0.6) is 0 Å². The maximum atomic E-state index is 3.74. The summed E-state index contributed by atoms with van der Waals surface area (Å²) in [5, 5.41) is 3.74. The van der Waals surface area contributed by atoms with E-state index < -0.39 is 0 Å². The molecule has 0 amide bonds. The lowest BCUT2D eigenvalue weighted by Crippen LogP contribution is -2.30. The van der Waals surface area contributed by atoms with Crippen molar-refractivity contribution in [3.8, 4) is 0 Å². The number of nitrogens with one attached hydrogen (secondary N) is 1. The maximum absolute atomic E-state index is 3.74. The van der Waals surface area contributed by atoms with E-state index in [4.69, 9.17) is 0 Å². The molecule has 0 rings (SSSR count). The van der Waals surface area contributed by atoms with Crippen molar-refractivity contribution in [2.75, 3.05) is 6.54 Å². The lowest BCUT2D eigenvalue weighted by atomic mass is 9.98. The van der Waals surface area contributed by atoms with Gasteiger partial charge in [-0.05, 0) is 38.1 Å². The third kappa shape index (κ3) is 14.2. The van der Waals surface area contributed by atoms with Gasteiger partial charge in [0.15, 0.2) is 0 Å². The van der Waals surface area contributed by atoms with Crippen LogP contribution in [0.4, 0.5) is 0 Å². The van der Waals surface area contributed by atoms with E-state index in [0.717, 1.165) is 12.0 Å². The Labute approximate surface area is 122 Å². The zero-order valence-electron chi connectivity index (χ0n) is 14.1. The molecule has 0 fully saturated rings. The van der Waals surface area contributed by atoms with Crippen molar-refractivity contribution in [3.63, 3.8) is 0 Å². The van der Waals surface area contributed by atoms with Crippen LogP contribution in [0.1, 0.15) is 98.3 Å². The molecule has 0 aromatic rings. The zero-order chi connectivity index (χ0) is 14.3. The molecule has 0 saturated heterocycles. The molecule has 1 nitrogen and oxygen atoms in total. The standard InChI is InChI=1S/C18H39N/c1-5-7-8-9-10-11-12-13-18(19-16-6-2)15-14-17(3)4/h17-19H,5-16H2,1-4H3. The molecule has 116 valence electrons. The van der Waals surface area contributed by atoms with Crippen LogP contribution >= 0.6 is 0 Å². The Morgan fingerprint density at radius 2 is 1.32 bits per heavy atom. The molecule has 0 aromatic heterocycles. The Morgan fingerprint density at radius 1 is 0.684 bits per heavy atom. The van der Waals surface area contributed by atoms with E-state index >= 15 is 0 Å². The first-order valence-corrected chi connectivity index (χ1v) is 8.94. The summed E-state index contributed by atoms with van der Waals surface area (Å²) < 4.78 is 0. The van der Waals surface area contributed by atoms with Gasteiger partial charge in [-0.15, -0.1) is 0 Å². The van der Waals surface area contributed by atoms with Gasteiger partial charge in [-0.25, -0.2) is 0 Å². The van der Waals surface area contributed by atoms with Crippen LogP contribution in [0.15, 0.2) is 0 Å². The highest BCUT2D eigenvalue weighted by atomic mass is 14.9. The van der Waals surface area contributed by atoms with Crippen LogP contribution < -0.4 is 5.32 Å². The van der Waals surface area contributed by atoms with Crippen molar-refractivity contribution in [2.24, 2.45) is 5.92 Å². The fraction of sp³-hybridized carbons (Fsp3) is 1.00. The summed E-state index contributed by atoms with van der Waals surface area (Å²) in [7, 11) is 0. The summed E-state index contributed by atoms with van der Waals surface area (Å²) in [4.78, 5) is 0. The van der Waals surface area contributed by atoms with Gasteiger partial charge in [0.1, 0.15) is 0 Å². The molecule has 0 saturated carbocycles. The average Bonchev–Trinajstić information content (AvgIpc) is 2.39. The molecule has 1 unspecified atom stereocenters. The molecular weight excluding hydrogens is 230 g/mol. The predicted molar refractivity (Wildman–Crippen MR) is 88.8 cm³/mol. The minimum Gasteiger partial charge on any atom is -0.314 e. The van der Waals surface area contributed by atoms with Crippen LogP contribution in [0, 0.1) is 5.92 Å². The molecule has 0 spiro atoms. The van der Waals surface area contributed by atoms with E-state index in [2.05, 4.69) is 33.0 Å². The van der Waals surface area contributed by atoms with Crippen molar-refractivity contribution < 1.29 is 0 Å². The minimum absolute atomic E-state index is 0.776. The van der Waals surface area contributed by atoms with Gasteiger partial charge in [0.25, 0.3) is 0 Å². The lowest BCUT2D eigenvalue weighted by molar-refractivity contribution is 0.396. The molecule has 1 atom stereocenters. The first kappa shape index (κ1) is 19.0. The molecule has 0 aromatic carbocycles. The summed E-state index contributed by atoms with van der Waals surface area (Å²) >= 11 is 0. The molecule has 0 heterocycles. The average molecular weight is 270 g/mol. The fourth-order valence-corrected chi connectivity index (χ4v) is 2.58. The minimum atomic E-state index is 0.776. The molecule has 1 N–H and O–H groups in total. The first-order chi connectivity index (χ1) is 9.20. The van der Waals surface area contributed by atoms with E-state index in [1.807, 2.05) is 0 Å². The molecule has 0 bridgehead atoms. The molecule has 19 heavy (non-hydrogen) atoms. The molecule has 0 aliphatic carbocycles. The first-order valence-electron chi connectivity index (χ1n) is 8.94. The van der Waals surface area contributed by atoms with Gasteiger partial charge in [-0.1, -0.05) is 72.6 Å². The highest BCUT2D eigenvalue weighted by molar-refractivity contribution is 4.67. The van der Waals surface area contributed by atoms with Crippen molar-refractivity contribution in [3.05, 3.63) is 0 Å². The normalized spacial score (nSPS) is 13.1. The maximum Gasteiger partial charge on any atom is 0.00671 e. The van der Waals surface area contributed by atoms with Crippen molar-refractivity contribution in [1.82, 2.24) is 5.32 Å². The lowest BCUT2D eigenvalue weighted by Gasteiger charge is -2.19. The van der Waals surface area contributed by atoms with E-state index in [9.17, 15) is 0 Å². The van der Waals surface area contributed by atoms with Gasteiger partial charge < -0.3 is 5.32 Å². The van der Waals surface area contributed by atoms with Gasteiger partial charge in [-0.3, -0.25) is 0 Å². The van der Waals surface area contributed by atoms with E-state index in [1.54, 1.807) is 0 Å². The van der Waals surface area contributed by atoms with Crippen LogP contribution in [0.2, 0.25) is 0 Å². The summed E-state index contributed by atoms with van der Waals surface area (Å²) in [5.74, 6) is 0.847. The molecule has 0 aliphatic heterocycles. The Hall–Kier alpha value is -0.0400. The molecule has 0 radical (unpaired) electrons. The summed E-state index contributed by atoms with van der Waals surface area (Å²) in [5.41, 5.74) is 0. The SMILES string of the molecule is CCCCCCCCCC(CCC(C)C)NCCC. The second kappa shape index (κ2) is 14.4. The largest absolute Gasteiger partial charge is 0.314 e. The Morgan fingerprint density at radius 3 is 1.89 bits per heavy atom. The van der Waals surface area contributed by atoms with Gasteiger partial charge in [0, 0.05) is 6.04 Å². The molecular formula is C18H39N. The van der Waals surface area contributed by atoms with Crippen LogP contribution in [-0.2, 0) is 0 Å². The topological polar surface area (TPSA) is 12.0 Å². The number of hydrogen-bond donors (Lipinski definition) is 1. The third-order valence-electron chi connectivity index (χ3n) is 3.93. The second-order valence-corrected chi connectivity index (χ2v) is 6.53. The van der Waals surface area contributed by atoms with Crippen molar-refractivity contribution in [2.45, 2.75) is 104 Å². The predicted octanol–water partition coefficient (Wildman–Crippen LogP) is 5.93. The highest BCUT2D eigenvalue weighted by Crippen LogP contribution is 2.14. The van der Waals surface area contributed by atoms with E-state index in [0.29, 0.717) is 0 Å². The monoisotopic (exact) mass is 269 g/mol. The Kier molecular flexibility index (Phi) is 14.3. The summed E-state index contributed by atoms with van der Waals surface area (Å²) in [6.45, 7) is 10.4. The van der Waals surface area contributed by atoms with Crippen molar-refractivity contribution >= 4 is 0 Å². The van der Waals surface area contributed by atoms with Gasteiger partial charge in [0.2, 0.25) is 0 Å². The van der Waals surface area contributed by atoms with Gasteiger partial charge in [0.05, 0.1) is 0 Å². The number of hydrogen-bond acceptors (Lipinski definition) is 1. The quantitative estimate of drug-likeness (QED) is 0.385. The van der Waals surface area contributed by atoms with Crippen LogP contribution in [0.25, 0.3) is 0 Å². The van der Waals surface area contributed by atoms with Crippen LogP contribution in [0.3, 0.4) is 0 Å². The van der Waals surface area contributed by atoms with E-state index in [-0.39, 0.29) is 0 Å². The van der Waals surface area contributed by atoms with Gasteiger partial charge >= 0.3 is 0 Å². The van der Waals surface area contributed by atoms with Crippen LogP contribution in [-0.4, -0.2) is 12.6 Å². The zero-order valence-corrected chi connectivity index (χ0v) is 14.1. The summed E-state index contributed by atoms with van der Waals surface area (Å²) in [6.07, 6.45) is 15.4. The summed E-state index contributed by atoms with van der Waals surface area (Å²) in [6, 6.07) is 0.776. The van der Waals surface area contributed by atoms with Crippen molar-refractivity contribution in [1.29, 1.82) is 0 Å². The van der Waals surface area contributed by atoms with E-state index in [1.165, 1.54) is 77.2 Å². The highest BCUT2D eigenvalue weighted by Gasteiger charge is 2.08. The fourth-order valence-electron chi connectivity index (χ4n) is 2.58. The Bertz CT molecular complexity index is 165. The van der Waals surface area contributed by atoms with Gasteiger partial charge in [-0.2, -0.15) is 0 Å². The second-order valence-electron chi connectivity index (χ2n) is 6.53. The smallest absolute Gasteiger partial charge is 0.00671 e.